The number of alkyl halides is 1. The predicted molar refractivity (Wildman–Crippen MR) is 100 cm³/mol. The number of nitrogens with zero attached hydrogens (tertiary/aromatic N) is 1. The predicted octanol–water partition coefficient (Wildman–Crippen LogP) is 4.02. The van der Waals surface area contributed by atoms with Crippen LogP contribution in [-0.2, 0) is 14.2 Å². The SMILES string of the molecule is CCN(CC(C)(CI)OCC1CCCCO1)C(=O)OC(C)(C)C. The molecule has 5 nitrogen and oxygen atoms in total. The van der Waals surface area contributed by atoms with E-state index in [-0.39, 0.29) is 12.2 Å². The lowest BCUT2D eigenvalue weighted by atomic mass is 10.1. The molecule has 0 radical (unpaired) electrons. The van der Waals surface area contributed by atoms with Crippen molar-refractivity contribution in [1.82, 2.24) is 4.90 Å². The Bertz CT molecular complexity index is 366. The summed E-state index contributed by atoms with van der Waals surface area (Å²) in [6.45, 7) is 12.2. The lowest BCUT2D eigenvalue weighted by molar-refractivity contribution is -0.0986. The molecule has 0 aliphatic carbocycles. The number of carbonyl (C=O) groups excluding carboxylic acids is 1. The Hall–Kier alpha value is -0.0800. The Kier molecular flexibility index (Phi) is 8.58. The van der Waals surface area contributed by atoms with Crippen molar-refractivity contribution < 1.29 is 19.0 Å². The number of likely N-dealkylation sites (N-methyl/N-ethyl adjacent to an activating group) is 1. The molecule has 0 aromatic carbocycles. The zero-order valence-electron chi connectivity index (χ0n) is 15.2. The van der Waals surface area contributed by atoms with Crippen molar-refractivity contribution >= 4 is 28.7 Å². The lowest BCUT2D eigenvalue weighted by Gasteiger charge is -2.36. The molecule has 23 heavy (non-hydrogen) atoms. The number of carbonyl (C=O) groups is 1. The zero-order valence-corrected chi connectivity index (χ0v) is 17.3. The maximum absolute atomic E-state index is 12.3. The molecular weight excluding hydrogens is 409 g/mol. The highest BCUT2D eigenvalue weighted by Gasteiger charge is 2.32. The molecule has 0 spiro atoms. The van der Waals surface area contributed by atoms with Gasteiger partial charge < -0.3 is 19.1 Å². The average Bonchev–Trinajstić information content (AvgIpc) is 2.50. The number of ether oxygens (including phenoxy) is 3. The Morgan fingerprint density at radius 1 is 1.30 bits per heavy atom. The Morgan fingerprint density at radius 2 is 2.00 bits per heavy atom. The molecule has 1 rings (SSSR count). The van der Waals surface area contributed by atoms with Crippen molar-refractivity contribution in [1.29, 1.82) is 0 Å². The first kappa shape index (κ1) is 21.0. The average molecular weight is 441 g/mol. The van der Waals surface area contributed by atoms with Gasteiger partial charge in [0.15, 0.2) is 0 Å². The highest BCUT2D eigenvalue weighted by molar-refractivity contribution is 14.1. The maximum atomic E-state index is 12.3. The Morgan fingerprint density at radius 3 is 2.48 bits per heavy atom. The maximum Gasteiger partial charge on any atom is 0.410 e. The minimum absolute atomic E-state index is 0.183. The number of amides is 1. The van der Waals surface area contributed by atoms with Crippen LogP contribution < -0.4 is 0 Å². The highest BCUT2D eigenvalue weighted by Crippen LogP contribution is 2.21. The summed E-state index contributed by atoms with van der Waals surface area (Å²) in [5.41, 5.74) is -0.879. The molecule has 1 aliphatic rings. The van der Waals surface area contributed by atoms with E-state index in [4.69, 9.17) is 14.2 Å². The number of hydrogen-bond acceptors (Lipinski definition) is 4. The Balaban J connectivity index is 2.57. The lowest BCUT2D eigenvalue weighted by Crippen LogP contribution is -2.49. The fourth-order valence-corrected chi connectivity index (χ4v) is 2.86. The monoisotopic (exact) mass is 441 g/mol. The zero-order chi connectivity index (χ0) is 17.5. The molecule has 0 aromatic heterocycles. The summed E-state index contributed by atoms with van der Waals surface area (Å²) in [5.74, 6) is 0. The molecule has 136 valence electrons. The molecule has 1 aliphatic heterocycles. The molecule has 1 saturated heterocycles. The van der Waals surface area contributed by atoms with Gasteiger partial charge in [-0.05, 0) is 53.9 Å². The summed E-state index contributed by atoms with van der Waals surface area (Å²) < 4.78 is 18.2. The van der Waals surface area contributed by atoms with Crippen molar-refractivity contribution in [2.45, 2.75) is 71.2 Å². The van der Waals surface area contributed by atoms with Crippen LogP contribution >= 0.6 is 22.6 Å². The molecule has 0 bridgehead atoms. The van der Waals surface area contributed by atoms with Crippen LogP contribution in [-0.4, -0.2) is 59.0 Å². The fraction of sp³-hybridized carbons (Fsp3) is 0.941. The van der Waals surface area contributed by atoms with Gasteiger partial charge in [0, 0.05) is 17.6 Å². The van der Waals surface area contributed by atoms with Gasteiger partial charge in [-0.1, -0.05) is 22.6 Å². The van der Waals surface area contributed by atoms with E-state index >= 15 is 0 Å². The van der Waals surface area contributed by atoms with Gasteiger partial charge in [-0.15, -0.1) is 0 Å². The number of halogens is 1. The highest BCUT2D eigenvalue weighted by atomic mass is 127. The van der Waals surface area contributed by atoms with E-state index in [1.165, 1.54) is 6.42 Å². The van der Waals surface area contributed by atoms with Gasteiger partial charge in [0.05, 0.1) is 24.9 Å². The van der Waals surface area contributed by atoms with Crippen molar-refractivity contribution in [3.63, 3.8) is 0 Å². The van der Waals surface area contributed by atoms with Gasteiger partial charge in [-0.25, -0.2) is 4.79 Å². The first-order valence-electron chi connectivity index (χ1n) is 8.48. The van der Waals surface area contributed by atoms with Crippen LogP contribution in [0.4, 0.5) is 4.79 Å². The minimum Gasteiger partial charge on any atom is -0.444 e. The number of rotatable bonds is 7. The third-order valence-corrected chi connectivity index (χ3v) is 5.35. The second kappa shape index (κ2) is 9.42. The molecule has 1 fully saturated rings. The van der Waals surface area contributed by atoms with Crippen LogP contribution in [0, 0.1) is 0 Å². The summed E-state index contributed by atoms with van der Waals surface area (Å²) in [7, 11) is 0. The van der Waals surface area contributed by atoms with Gasteiger partial charge in [-0.2, -0.15) is 0 Å². The van der Waals surface area contributed by atoms with Gasteiger partial charge in [0.1, 0.15) is 5.60 Å². The standard InChI is InChI=1S/C17H32INO4/c1-6-19(15(20)23-16(2,3)4)13-17(5,12-18)22-11-14-9-7-8-10-21-14/h14H,6-13H2,1-5H3. The molecule has 1 heterocycles. The second-order valence-electron chi connectivity index (χ2n) is 7.38. The van der Waals surface area contributed by atoms with Crippen molar-refractivity contribution in [3.05, 3.63) is 0 Å². The van der Waals surface area contributed by atoms with E-state index in [2.05, 4.69) is 29.5 Å². The van der Waals surface area contributed by atoms with Crippen molar-refractivity contribution in [3.8, 4) is 0 Å². The van der Waals surface area contributed by atoms with E-state index < -0.39 is 11.2 Å². The summed E-state index contributed by atoms with van der Waals surface area (Å²) in [5, 5.41) is 0. The van der Waals surface area contributed by atoms with Crippen LogP contribution in [0.3, 0.4) is 0 Å². The molecule has 6 heteroatoms. The molecule has 0 saturated carbocycles. The summed E-state index contributed by atoms with van der Waals surface area (Å²) in [6, 6.07) is 0. The summed E-state index contributed by atoms with van der Waals surface area (Å²) in [4.78, 5) is 14.0. The summed E-state index contributed by atoms with van der Waals surface area (Å²) in [6.07, 6.45) is 3.30. The van der Waals surface area contributed by atoms with Crippen LogP contribution in [0.5, 0.6) is 0 Å². The smallest absolute Gasteiger partial charge is 0.410 e. The first-order valence-corrected chi connectivity index (χ1v) is 10.0. The molecule has 0 N–H and O–H groups in total. The van der Waals surface area contributed by atoms with E-state index in [0.717, 1.165) is 23.9 Å². The first-order chi connectivity index (χ1) is 10.7. The minimum atomic E-state index is -0.484. The van der Waals surface area contributed by atoms with Gasteiger partial charge >= 0.3 is 6.09 Å². The molecule has 1 amide bonds. The second-order valence-corrected chi connectivity index (χ2v) is 8.14. The topological polar surface area (TPSA) is 48.0 Å². The molecule has 2 unspecified atom stereocenters. The molecular formula is C17H32INO4. The third kappa shape index (κ3) is 8.03. The normalized spacial score (nSPS) is 21.6. The van der Waals surface area contributed by atoms with E-state index in [9.17, 15) is 4.79 Å². The Labute approximate surface area is 154 Å². The van der Waals surface area contributed by atoms with Crippen molar-refractivity contribution in [2.75, 3.05) is 30.7 Å². The van der Waals surface area contributed by atoms with E-state index in [1.54, 1.807) is 4.90 Å². The number of hydrogen-bond donors (Lipinski definition) is 0. The third-order valence-electron chi connectivity index (χ3n) is 3.73. The summed E-state index contributed by atoms with van der Waals surface area (Å²) >= 11 is 2.32. The quantitative estimate of drug-likeness (QED) is 0.442. The van der Waals surface area contributed by atoms with Crippen molar-refractivity contribution in [2.24, 2.45) is 0 Å². The molecule has 0 aromatic rings. The van der Waals surface area contributed by atoms with Crippen LogP contribution in [0.25, 0.3) is 0 Å². The van der Waals surface area contributed by atoms with Crippen LogP contribution in [0.15, 0.2) is 0 Å². The van der Waals surface area contributed by atoms with E-state index in [0.29, 0.717) is 19.7 Å². The van der Waals surface area contributed by atoms with Gasteiger partial charge in [0.2, 0.25) is 0 Å². The fourth-order valence-electron chi connectivity index (χ4n) is 2.40. The van der Waals surface area contributed by atoms with E-state index in [1.807, 2.05) is 27.7 Å². The van der Waals surface area contributed by atoms with Crippen LogP contribution in [0.1, 0.15) is 53.9 Å². The van der Waals surface area contributed by atoms with Gasteiger partial charge in [0.25, 0.3) is 0 Å². The van der Waals surface area contributed by atoms with Crippen LogP contribution in [0.2, 0.25) is 0 Å². The largest absolute Gasteiger partial charge is 0.444 e. The molecule has 2 atom stereocenters. The van der Waals surface area contributed by atoms with Gasteiger partial charge in [-0.3, -0.25) is 0 Å².